The minimum Gasteiger partial charge on any atom is -0.370 e. The first-order valence-electron chi connectivity index (χ1n) is 4.05. The van der Waals surface area contributed by atoms with E-state index < -0.39 is 0 Å². The van der Waals surface area contributed by atoms with Crippen LogP contribution in [0.3, 0.4) is 0 Å². The van der Waals surface area contributed by atoms with Crippen LogP contribution in [0.5, 0.6) is 0 Å². The molecule has 0 bridgehead atoms. The molecule has 0 aromatic heterocycles. The van der Waals surface area contributed by atoms with E-state index in [-0.39, 0.29) is 5.50 Å². The van der Waals surface area contributed by atoms with Crippen molar-refractivity contribution in [2.75, 3.05) is 12.8 Å². The SMILES string of the molecule is CCCCN=C(N)NC(N)SC. The van der Waals surface area contributed by atoms with Crippen LogP contribution in [-0.2, 0) is 0 Å². The average molecular weight is 190 g/mol. The molecule has 0 aliphatic heterocycles. The molecule has 0 saturated carbocycles. The van der Waals surface area contributed by atoms with Gasteiger partial charge in [0.25, 0.3) is 0 Å². The first-order chi connectivity index (χ1) is 5.70. The second kappa shape index (κ2) is 7.24. The maximum atomic E-state index is 5.57. The molecule has 0 spiro atoms. The van der Waals surface area contributed by atoms with E-state index in [1.807, 2.05) is 6.26 Å². The second-order valence-corrected chi connectivity index (χ2v) is 3.40. The van der Waals surface area contributed by atoms with Gasteiger partial charge in [-0.1, -0.05) is 13.3 Å². The van der Waals surface area contributed by atoms with Gasteiger partial charge in [0.2, 0.25) is 0 Å². The van der Waals surface area contributed by atoms with E-state index in [1.165, 1.54) is 11.8 Å². The molecule has 0 aliphatic carbocycles. The van der Waals surface area contributed by atoms with E-state index in [9.17, 15) is 0 Å². The van der Waals surface area contributed by atoms with Crippen LogP contribution < -0.4 is 16.8 Å². The van der Waals surface area contributed by atoms with Gasteiger partial charge in [0.05, 0.1) is 0 Å². The molecule has 1 unspecified atom stereocenters. The standard InChI is InChI=1S/C7H18N4S/c1-3-4-5-10-6(8)11-7(9)12-2/h7H,3-5,9H2,1-2H3,(H3,8,10,11). The number of hydrogen-bond acceptors (Lipinski definition) is 3. The van der Waals surface area contributed by atoms with Gasteiger partial charge in [-0.15, -0.1) is 11.8 Å². The van der Waals surface area contributed by atoms with Gasteiger partial charge in [0, 0.05) is 6.54 Å². The molecule has 0 saturated heterocycles. The van der Waals surface area contributed by atoms with Crippen molar-refractivity contribution in [2.45, 2.75) is 25.3 Å². The fourth-order valence-electron chi connectivity index (χ4n) is 0.608. The van der Waals surface area contributed by atoms with E-state index in [2.05, 4.69) is 17.2 Å². The van der Waals surface area contributed by atoms with Gasteiger partial charge in [0.1, 0.15) is 5.50 Å². The molecule has 12 heavy (non-hydrogen) atoms. The number of unbranched alkanes of at least 4 members (excludes halogenated alkanes) is 1. The van der Waals surface area contributed by atoms with Gasteiger partial charge < -0.3 is 16.8 Å². The van der Waals surface area contributed by atoms with Crippen molar-refractivity contribution < 1.29 is 0 Å². The molecular weight excluding hydrogens is 172 g/mol. The number of hydrogen-bond donors (Lipinski definition) is 3. The van der Waals surface area contributed by atoms with Crippen LogP contribution in [0.1, 0.15) is 19.8 Å². The minimum absolute atomic E-state index is 0.157. The third-order valence-electron chi connectivity index (χ3n) is 1.34. The van der Waals surface area contributed by atoms with Gasteiger partial charge in [-0.2, -0.15) is 0 Å². The average Bonchev–Trinajstić information content (AvgIpc) is 2.05. The van der Waals surface area contributed by atoms with Crippen molar-refractivity contribution in [3.63, 3.8) is 0 Å². The summed E-state index contributed by atoms with van der Waals surface area (Å²) in [6.07, 6.45) is 4.11. The molecule has 0 fully saturated rings. The van der Waals surface area contributed by atoms with Gasteiger partial charge >= 0.3 is 0 Å². The smallest absolute Gasteiger partial charge is 0.190 e. The number of guanidine groups is 1. The quantitative estimate of drug-likeness (QED) is 0.252. The third-order valence-corrected chi connectivity index (χ3v) is 1.96. The summed E-state index contributed by atoms with van der Waals surface area (Å²) in [6.45, 7) is 2.89. The van der Waals surface area contributed by atoms with Crippen molar-refractivity contribution in [3.05, 3.63) is 0 Å². The van der Waals surface area contributed by atoms with Crippen LogP contribution >= 0.6 is 11.8 Å². The van der Waals surface area contributed by atoms with Gasteiger partial charge in [-0.05, 0) is 12.7 Å². The summed E-state index contributed by atoms with van der Waals surface area (Å²) in [4.78, 5) is 4.09. The number of aliphatic imine (C=N–C) groups is 1. The summed E-state index contributed by atoms with van der Waals surface area (Å²) in [6, 6.07) is 0. The maximum absolute atomic E-state index is 5.57. The lowest BCUT2D eigenvalue weighted by molar-refractivity contribution is 0.788. The highest BCUT2D eigenvalue weighted by Crippen LogP contribution is 1.93. The fourth-order valence-corrected chi connectivity index (χ4v) is 0.847. The zero-order valence-corrected chi connectivity index (χ0v) is 8.53. The van der Waals surface area contributed by atoms with Crippen LogP contribution in [0.25, 0.3) is 0 Å². The van der Waals surface area contributed by atoms with Crippen LogP contribution in [0.2, 0.25) is 0 Å². The Hall–Kier alpha value is -0.420. The zero-order chi connectivity index (χ0) is 9.40. The van der Waals surface area contributed by atoms with Crippen molar-refractivity contribution >= 4 is 17.7 Å². The Morgan fingerprint density at radius 3 is 2.83 bits per heavy atom. The molecular formula is C7H18N4S. The van der Waals surface area contributed by atoms with E-state index in [0.717, 1.165) is 19.4 Å². The van der Waals surface area contributed by atoms with Crippen molar-refractivity contribution in [2.24, 2.45) is 16.5 Å². The van der Waals surface area contributed by atoms with Crippen LogP contribution in [0, 0.1) is 0 Å². The highest BCUT2D eigenvalue weighted by atomic mass is 32.2. The highest BCUT2D eigenvalue weighted by molar-refractivity contribution is 7.99. The van der Waals surface area contributed by atoms with Crippen LogP contribution in [0.4, 0.5) is 0 Å². The summed E-state index contributed by atoms with van der Waals surface area (Å²) < 4.78 is 0. The van der Waals surface area contributed by atoms with Crippen LogP contribution in [0.15, 0.2) is 4.99 Å². The first kappa shape index (κ1) is 11.6. The number of nitrogens with one attached hydrogen (secondary N) is 1. The Bertz CT molecular complexity index is 137. The molecule has 5 N–H and O–H groups in total. The van der Waals surface area contributed by atoms with E-state index >= 15 is 0 Å². The zero-order valence-electron chi connectivity index (χ0n) is 7.71. The molecule has 5 heteroatoms. The number of nitrogens with zero attached hydrogens (tertiary/aromatic N) is 1. The summed E-state index contributed by atoms with van der Waals surface area (Å²) >= 11 is 1.50. The van der Waals surface area contributed by atoms with Gasteiger partial charge in [-0.3, -0.25) is 4.99 Å². The lowest BCUT2D eigenvalue weighted by atomic mass is 10.3. The summed E-state index contributed by atoms with van der Waals surface area (Å²) in [5.41, 5.74) is 10.9. The normalized spacial score (nSPS) is 14.4. The Kier molecular flexibility index (Phi) is 6.99. The maximum Gasteiger partial charge on any atom is 0.190 e. The summed E-state index contributed by atoms with van der Waals surface area (Å²) in [7, 11) is 0. The molecule has 0 aliphatic rings. The topological polar surface area (TPSA) is 76.4 Å². The molecule has 0 rings (SSSR count). The van der Waals surface area contributed by atoms with Crippen molar-refractivity contribution in [3.8, 4) is 0 Å². The predicted octanol–water partition coefficient (Wildman–Crippen LogP) is 0.296. The largest absolute Gasteiger partial charge is 0.370 e. The molecule has 0 heterocycles. The van der Waals surface area contributed by atoms with Crippen LogP contribution in [-0.4, -0.2) is 24.3 Å². The van der Waals surface area contributed by atoms with E-state index in [4.69, 9.17) is 11.5 Å². The van der Waals surface area contributed by atoms with Gasteiger partial charge in [-0.25, -0.2) is 0 Å². The lowest BCUT2D eigenvalue weighted by Crippen LogP contribution is -2.43. The fraction of sp³-hybridized carbons (Fsp3) is 0.857. The molecule has 0 amide bonds. The Balaban J connectivity index is 3.54. The van der Waals surface area contributed by atoms with E-state index in [0.29, 0.717) is 5.96 Å². The third kappa shape index (κ3) is 6.30. The molecule has 72 valence electrons. The Morgan fingerprint density at radius 2 is 2.33 bits per heavy atom. The highest BCUT2D eigenvalue weighted by Gasteiger charge is 1.97. The minimum atomic E-state index is -0.157. The first-order valence-corrected chi connectivity index (χ1v) is 5.34. The molecule has 0 aromatic carbocycles. The van der Waals surface area contributed by atoms with Gasteiger partial charge in [0.15, 0.2) is 5.96 Å². The lowest BCUT2D eigenvalue weighted by Gasteiger charge is -2.10. The molecule has 0 aromatic rings. The predicted molar refractivity (Wildman–Crippen MR) is 56.0 cm³/mol. The second-order valence-electron chi connectivity index (χ2n) is 2.42. The summed E-state index contributed by atoms with van der Waals surface area (Å²) in [5, 5.41) is 2.86. The Labute approximate surface area is 78.2 Å². The summed E-state index contributed by atoms with van der Waals surface area (Å²) in [5.74, 6) is 0.435. The monoisotopic (exact) mass is 190 g/mol. The number of thioether (sulfide) groups is 1. The van der Waals surface area contributed by atoms with Crippen molar-refractivity contribution in [1.82, 2.24) is 5.32 Å². The Morgan fingerprint density at radius 1 is 1.67 bits per heavy atom. The molecule has 4 nitrogen and oxygen atoms in total. The van der Waals surface area contributed by atoms with E-state index in [1.54, 1.807) is 0 Å². The number of rotatable bonds is 5. The molecule has 1 atom stereocenters. The molecule has 0 radical (unpaired) electrons. The van der Waals surface area contributed by atoms with Crippen molar-refractivity contribution in [1.29, 1.82) is 0 Å². The number of nitrogens with two attached hydrogens (primary N) is 2.